The van der Waals surface area contributed by atoms with Crippen LogP contribution in [-0.4, -0.2) is 15.1 Å². The molecule has 1 N–H and O–H groups in total. The van der Waals surface area contributed by atoms with Crippen LogP contribution in [0.25, 0.3) is 0 Å². The zero-order chi connectivity index (χ0) is 11.5. The zero-order valence-electron chi connectivity index (χ0n) is 8.51. The average Bonchev–Trinajstić information content (AvgIpc) is 2.20. The molecule has 0 fully saturated rings. The third-order valence-electron chi connectivity index (χ3n) is 1.84. The fourth-order valence-electron chi connectivity index (χ4n) is 1.25. The summed E-state index contributed by atoms with van der Waals surface area (Å²) >= 11 is 5.64. The Morgan fingerprint density at radius 1 is 1.19 bits per heavy atom. The molecule has 0 amide bonds. The van der Waals surface area contributed by atoms with Crippen LogP contribution in [0.4, 0.5) is 0 Å². The Bertz CT molecular complexity index is 480. The van der Waals surface area contributed by atoms with E-state index < -0.39 is 0 Å². The molecule has 2 aromatic rings. The first-order chi connectivity index (χ1) is 7.63. The lowest BCUT2D eigenvalue weighted by Crippen LogP contribution is -1.91. The van der Waals surface area contributed by atoms with Gasteiger partial charge in [0.1, 0.15) is 11.5 Å². The van der Waals surface area contributed by atoms with E-state index in [1.54, 1.807) is 12.1 Å². The van der Waals surface area contributed by atoms with E-state index in [0.717, 1.165) is 5.56 Å². The van der Waals surface area contributed by atoms with Crippen molar-refractivity contribution in [2.24, 2.45) is 0 Å². The molecule has 0 aliphatic carbocycles. The summed E-state index contributed by atoms with van der Waals surface area (Å²) in [7, 11) is 0. The van der Waals surface area contributed by atoms with Crippen LogP contribution in [0.5, 0.6) is 17.5 Å². The van der Waals surface area contributed by atoms with E-state index >= 15 is 0 Å². The molecular weight excluding hydrogens is 228 g/mol. The largest absolute Gasteiger partial charge is 0.508 e. The van der Waals surface area contributed by atoms with Gasteiger partial charge in [-0.05, 0) is 24.6 Å². The summed E-state index contributed by atoms with van der Waals surface area (Å²) in [4.78, 5) is 7.77. The molecule has 1 heterocycles. The van der Waals surface area contributed by atoms with Gasteiger partial charge in [-0.1, -0.05) is 11.6 Å². The van der Waals surface area contributed by atoms with Crippen LogP contribution in [0.15, 0.2) is 30.6 Å². The Morgan fingerprint density at radius 2 is 1.88 bits per heavy atom. The van der Waals surface area contributed by atoms with E-state index in [9.17, 15) is 5.11 Å². The molecule has 5 heteroatoms. The molecule has 0 saturated heterocycles. The van der Waals surface area contributed by atoms with Crippen LogP contribution in [0, 0.1) is 6.92 Å². The number of halogens is 1. The van der Waals surface area contributed by atoms with Gasteiger partial charge >= 0.3 is 6.01 Å². The normalized spacial score (nSPS) is 10.1. The SMILES string of the molecule is Cc1cc(O)cc(Oc2ncc(Cl)cn2)c1. The van der Waals surface area contributed by atoms with E-state index in [2.05, 4.69) is 9.97 Å². The Labute approximate surface area is 97.5 Å². The quantitative estimate of drug-likeness (QED) is 0.871. The highest BCUT2D eigenvalue weighted by Gasteiger charge is 2.02. The Hall–Kier alpha value is -1.81. The molecule has 0 aliphatic rings. The number of nitrogens with zero attached hydrogens (tertiary/aromatic N) is 2. The lowest BCUT2D eigenvalue weighted by molar-refractivity contribution is 0.430. The molecule has 0 saturated carbocycles. The third-order valence-corrected chi connectivity index (χ3v) is 2.04. The first-order valence-electron chi connectivity index (χ1n) is 4.59. The molecule has 1 aromatic carbocycles. The zero-order valence-corrected chi connectivity index (χ0v) is 9.27. The smallest absolute Gasteiger partial charge is 0.321 e. The van der Waals surface area contributed by atoms with Crippen LogP contribution in [-0.2, 0) is 0 Å². The van der Waals surface area contributed by atoms with Gasteiger partial charge in [-0.25, -0.2) is 9.97 Å². The first-order valence-corrected chi connectivity index (χ1v) is 4.97. The van der Waals surface area contributed by atoms with Crippen molar-refractivity contribution in [3.05, 3.63) is 41.2 Å². The molecule has 4 nitrogen and oxygen atoms in total. The van der Waals surface area contributed by atoms with Gasteiger partial charge in [0, 0.05) is 6.07 Å². The van der Waals surface area contributed by atoms with Crippen LogP contribution >= 0.6 is 11.6 Å². The van der Waals surface area contributed by atoms with Crippen molar-refractivity contribution in [2.75, 3.05) is 0 Å². The Morgan fingerprint density at radius 3 is 2.50 bits per heavy atom. The predicted octanol–water partition coefficient (Wildman–Crippen LogP) is 2.94. The number of aromatic nitrogens is 2. The number of phenols is 1. The molecule has 2 rings (SSSR count). The highest BCUT2D eigenvalue weighted by Crippen LogP contribution is 2.24. The Balaban J connectivity index is 2.23. The minimum atomic E-state index is 0.143. The van der Waals surface area contributed by atoms with Crippen molar-refractivity contribution in [3.63, 3.8) is 0 Å². The summed E-state index contributed by atoms with van der Waals surface area (Å²) in [6.45, 7) is 1.86. The van der Waals surface area contributed by atoms with Crippen LogP contribution in [0.3, 0.4) is 0 Å². The summed E-state index contributed by atoms with van der Waals surface area (Å²) in [5, 5.41) is 9.82. The fourth-order valence-corrected chi connectivity index (χ4v) is 1.34. The second kappa shape index (κ2) is 4.37. The highest BCUT2D eigenvalue weighted by atomic mass is 35.5. The van der Waals surface area contributed by atoms with Crippen molar-refractivity contribution >= 4 is 11.6 Å². The van der Waals surface area contributed by atoms with Gasteiger partial charge in [0.15, 0.2) is 0 Å². The minimum absolute atomic E-state index is 0.143. The maximum Gasteiger partial charge on any atom is 0.321 e. The summed E-state index contributed by atoms with van der Waals surface area (Å²) < 4.78 is 5.35. The lowest BCUT2D eigenvalue weighted by Gasteiger charge is -2.04. The van der Waals surface area contributed by atoms with Gasteiger partial charge in [0.2, 0.25) is 0 Å². The third kappa shape index (κ3) is 2.61. The van der Waals surface area contributed by atoms with E-state index in [0.29, 0.717) is 10.8 Å². The highest BCUT2D eigenvalue weighted by molar-refractivity contribution is 6.30. The van der Waals surface area contributed by atoms with Crippen molar-refractivity contribution < 1.29 is 9.84 Å². The molecule has 0 unspecified atom stereocenters. The van der Waals surface area contributed by atoms with Gasteiger partial charge in [-0.15, -0.1) is 0 Å². The summed E-state index contributed by atoms with van der Waals surface area (Å²) in [6.07, 6.45) is 2.89. The first kappa shape index (κ1) is 10.7. The predicted molar refractivity (Wildman–Crippen MR) is 60.0 cm³/mol. The molecule has 16 heavy (non-hydrogen) atoms. The average molecular weight is 237 g/mol. The van der Waals surface area contributed by atoms with Crippen LogP contribution in [0.2, 0.25) is 5.02 Å². The molecule has 1 aromatic heterocycles. The minimum Gasteiger partial charge on any atom is -0.508 e. The molecule has 82 valence electrons. The summed E-state index contributed by atoms with van der Waals surface area (Å²) in [5.41, 5.74) is 0.893. The molecule has 0 atom stereocenters. The standard InChI is InChI=1S/C11H9ClN2O2/c1-7-2-9(15)4-10(3-7)16-11-13-5-8(12)6-14-11/h2-6,15H,1H3. The van der Waals surface area contributed by atoms with Crippen molar-refractivity contribution in [3.8, 4) is 17.5 Å². The van der Waals surface area contributed by atoms with E-state index in [1.165, 1.54) is 18.5 Å². The second-order valence-electron chi connectivity index (χ2n) is 3.29. The number of hydrogen-bond acceptors (Lipinski definition) is 4. The van der Waals surface area contributed by atoms with E-state index in [-0.39, 0.29) is 11.8 Å². The number of phenolic OH excluding ortho intramolecular Hbond substituents is 1. The van der Waals surface area contributed by atoms with E-state index in [1.807, 2.05) is 6.92 Å². The maximum atomic E-state index is 9.37. The number of hydrogen-bond donors (Lipinski definition) is 1. The number of aryl methyl sites for hydroxylation is 1. The van der Waals surface area contributed by atoms with Gasteiger partial charge in [-0.3, -0.25) is 0 Å². The van der Waals surface area contributed by atoms with Gasteiger partial charge in [0.25, 0.3) is 0 Å². The topological polar surface area (TPSA) is 55.2 Å². The summed E-state index contributed by atoms with van der Waals surface area (Å²) in [6, 6.07) is 5.09. The van der Waals surface area contributed by atoms with Gasteiger partial charge in [0.05, 0.1) is 17.4 Å². The van der Waals surface area contributed by atoms with Crippen molar-refractivity contribution in [2.45, 2.75) is 6.92 Å². The maximum absolute atomic E-state index is 9.37. The number of aromatic hydroxyl groups is 1. The van der Waals surface area contributed by atoms with Gasteiger partial charge < -0.3 is 9.84 Å². The Kier molecular flexibility index (Phi) is 2.92. The molecule has 0 spiro atoms. The molecule has 0 aliphatic heterocycles. The molecule has 0 bridgehead atoms. The van der Waals surface area contributed by atoms with Crippen LogP contribution in [0.1, 0.15) is 5.56 Å². The van der Waals surface area contributed by atoms with Gasteiger partial charge in [-0.2, -0.15) is 0 Å². The van der Waals surface area contributed by atoms with E-state index in [4.69, 9.17) is 16.3 Å². The molecule has 0 radical (unpaired) electrons. The summed E-state index contributed by atoms with van der Waals surface area (Å²) in [5.74, 6) is 0.629. The number of rotatable bonds is 2. The monoisotopic (exact) mass is 236 g/mol. The lowest BCUT2D eigenvalue weighted by atomic mass is 10.2. The van der Waals surface area contributed by atoms with Crippen LogP contribution < -0.4 is 4.74 Å². The number of ether oxygens (including phenoxy) is 1. The number of benzene rings is 1. The fraction of sp³-hybridized carbons (Fsp3) is 0.0909. The second-order valence-corrected chi connectivity index (χ2v) is 3.73. The van der Waals surface area contributed by atoms with Crippen molar-refractivity contribution in [1.29, 1.82) is 0 Å². The molecular formula is C11H9ClN2O2. The van der Waals surface area contributed by atoms with Crippen molar-refractivity contribution in [1.82, 2.24) is 9.97 Å².